The molecule has 0 saturated carbocycles. The molecular formula is C17H22N4. The van der Waals surface area contributed by atoms with Gasteiger partial charge in [0.25, 0.3) is 0 Å². The van der Waals surface area contributed by atoms with Crippen LogP contribution in [-0.2, 0) is 6.42 Å². The number of para-hydroxylation sites is 1. The molecule has 21 heavy (non-hydrogen) atoms. The van der Waals surface area contributed by atoms with Gasteiger partial charge in [0.2, 0.25) is 0 Å². The molecule has 1 unspecified atom stereocenters. The third-order valence-corrected chi connectivity index (χ3v) is 3.95. The highest BCUT2D eigenvalue weighted by molar-refractivity contribution is 5.68. The molecule has 0 amide bonds. The Kier molecular flexibility index (Phi) is 3.78. The first-order chi connectivity index (χ1) is 10.2. The fourth-order valence-electron chi connectivity index (χ4n) is 2.98. The maximum absolute atomic E-state index is 4.66. The van der Waals surface area contributed by atoms with Crippen LogP contribution >= 0.6 is 0 Å². The molecule has 0 spiro atoms. The molecule has 1 aromatic heterocycles. The first-order valence-corrected chi connectivity index (χ1v) is 7.65. The van der Waals surface area contributed by atoms with Crippen LogP contribution in [0.15, 0.2) is 30.3 Å². The van der Waals surface area contributed by atoms with E-state index in [0.717, 1.165) is 36.8 Å². The Morgan fingerprint density at radius 3 is 2.90 bits per heavy atom. The molecule has 2 aromatic rings. The number of nitrogens with one attached hydrogen (secondary N) is 1. The molecule has 0 bridgehead atoms. The molecule has 4 heteroatoms. The van der Waals surface area contributed by atoms with Gasteiger partial charge in [0.1, 0.15) is 17.5 Å². The second-order valence-corrected chi connectivity index (χ2v) is 5.58. The van der Waals surface area contributed by atoms with E-state index < -0.39 is 0 Å². The molecule has 1 aromatic carbocycles. The topological polar surface area (TPSA) is 41.0 Å². The number of rotatable bonds is 3. The number of fused-ring (bicyclic) bond motifs is 1. The predicted molar refractivity (Wildman–Crippen MR) is 87.3 cm³/mol. The summed E-state index contributed by atoms with van der Waals surface area (Å²) in [6.07, 6.45) is 2.29. The van der Waals surface area contributed by atoms with E-state index in [1.807, 2.05) is 6.92 Å². The standard InChI is InChI=1S/C17H22N4/c1-4-18-16-11-17(20-13(3)19-16)21-12(2)9-10-14-7-5-6-8-15(14)21/h5-8,11-12H,4,9-10H2,1-3H3,(H,18,19,20). The molecule has 1 atom stereocenters. The smallest absolute Gasteiger partial charge is 0.139 e. The van der Waals surface area contributed by atoms with Crippen LogP contribution in [0, 0.1) is 6.92 Å². The maximum atomic E-state index is 4.66. The van der Waals surface area contributed by atoms with Gasteiger partial charge in [0.15, 0.2) is 0 Å². The van der Waals surface area contributed by atoms with Gasteiger partial charge in [-0.1, -0.05) is 18.2 Å². The Bertz CT molecular complexity index is 638. The average Bonchev–Trinajstić information content (AvgIpc) is 2.47. The lowest BCUT2D eigenvalue weighted by Crippen LogP contribution is -2.34. The number of aromatic nitrogens is 2. The molecule has 1 N–H and O–H groups in total. The highest BCUT2D eigenvalue weighted by Gasteiger charge is 2.25. The van der Waals surface area contributed by atoms with Gasteiger partial charge in [-0.15, -0.1) is 0 Å². The zero-order chi connectivity index (χ0) is 14.8. The Morgan fingerprint density at radius 2 is 2.10 bits per heavy atom. The van der Waals surface area contributed by atoms with Gasteiger partial charge in [-0.3, -0.25) is 0 Å². The van der Waals surface area contributed by atoms with Gasteiger partial charge in [-0.2, -0.15) is 0 Å². The third kappa shape index (κ3) is 2.71. The number of hydrogen-bond donors (Lipinski definition) is 1. The van der Waals surface area contributed by atoms with Crippen LogP contribution in [0.3, 0.4) is 0 Å². The molecular weight excluding hydrogens is 260 g/mol. The quantitative estimate of drug-likeness (QED) is 0.932. The lowest BCUT2D eigenvalue weighted by molar-refractivity contribution is 0.612. The summed E-state index contributed by atoms with van der Waals surface area (Å²) in [7, 11) is 0. The summed E-state index contributed by atoms with van der Waals surface area (Å²) in [5.74, 6) is 2.69. The fourth-order valence-corrected chi connectivity index (χ4v) is 2.98. The Labute approximate surface area is 126 Å². The van der Waals surface area contributed by atoms with Gasteiger partial charge < -0.3 is 10.2 Å². The van der Waals surface area contributed by atoms with Crippen molar-refractivity contribution in [2.45, 2.75) is 39.7 Å². The number of hydrogen-bond acceptors (Lipinski definition) is 4. The van der Waals surface area contributed by atoms with E-state index in [4.69, 9.17) is 0 Å². The molecule has 0 aliphatic carbocycles. The minimum Gasteiger partial charge on any atom is -0.370 e. The molecule has 4 nitrogen and oxygen atoms in total. The zero-order valence-corrected chi connectivity index (χ0v) is 12.9. The van der Waals surface area contributed by atoms with Crippen molar-refractivity contribution in [2.75, 3.05) is 16.8 Å². The van der Waals surface area contributed by atoms with Crippen molar-refractivity contribution < 1.29 is 0 Å². The van der Waals surface area contributed by atoms with Crippen LogP contribution in [0.5, 0.6) is 0 Å². The van der Waals surface area contributed by atoms with Crippen LogP contribution in [0.2, 0.25) is 0 Å². The first kappa shape index (κ1) is 13.9. The molecule has 1 aliphatic heterocycles. The summed E-state index contributed by atoms with van der Waals surface area (Å²) < 4.78 is 0. The summed E-state index contributed by atoms with van der Waals surface area (Å²) in [6, 6.07) is 11.1. The molecule has 1 aliphatic rings. The van der Waals surface area contributed by atoms with Gasteiger partial charge in [-0.25, -0.2) is 9.97 Å². The van der Waals surface area contributed by atoms with Crippen LogP contribution < -0.4 is 10.2 Å². The minimum absolute atomic E-state index is 0.448. The largest absolute Gasteiger partial charge is 0.370 e. The number of benzene rings is 1. The minimum atomic E-state index is 0.448. The molecule has 0 fully saturated rings. The summed E-state index contributed by atoms with van der Waals surface area (Å²) >= 11 is 0. The molecule has 3 rings (SSSR count). The van der Waals surface area contributed by atoms with Crippen molar-refractivity contribution >= 4 is 17.3 Å². The summed E-state index contributed by atoms with van der Waals surface area (Å²) in [5.41, 5.74) is 2.67. The number of anilines is 3. The van der Waals surface area contributed by atoms with Crippen molar-refractivity contribution in [3.63, 3.8) is 0 Å². The van der Waals surface area contributed by atoms with Crippen molar-refractivity contribution in [1.29, 1.82) is 0 Å². The van der Waals surface area contributed by atoms with Crippen molar-refractivity contribution in [3.8, 4) is 0 Å². The highest BCUT2D eigenvalue weighted by atomic mass is 15.2. The Hall–Kier alpha value is -2.10. The molecule has 0 radical (unpaired) electrons. The fraction of sp³-hybridized carbons (Fsp3) is 0.412. The van der Waals surface area contributed by atoms with E-state index in [1.165, 1.54) is 11.3 Å². The van der Waals surface area contributed by atoms with E-state index in [2.05, 4.69) is 64.4 Å². The highest BCUT2D eigenvalue weighted by Crippen LogP contribution is 2.36. The van der Waals surface area contributed by atoms with Crippen molar-refractivity contribution in [1.82, 2.24) is 9.97 Å². The summed E-state index contributed by atoms with van der Waals surface area (Å²) in [6.45, 7) is 7.16. The van der Waals surface area contributed by atoms with Crippen LogP contribution in [-0.4, -0.2) is 22.6 Å². The normalized spacial score (nSPS) is 17.5. The summed E-state index contributed by atoms with van der Waals surface area (Å²) in [5, 5.41) is 3.29. The van der Waals surface area contributed by atoms with Gasteiger partial charge in [0, 0.05) is 24.3 Å². The number of nitrogens with zero attached hydrogens (tertiary/aromatic N) is 3. The first-order valence-electron chi connectivity index (χ1n) is 7.65. The number of aryl methyl sites for hydroxylation is 2. The predicted octanol–water partition coefficient (Wildman–Crippen LogP) is 3.69. The SMILES string of the molecule is CCNc1cc(N2c3ccccc3CCC2C)nc(C)n1. The summed E-state index contributed by atoms with van der Waals surface area (Å²) in [4.78, 5) is 11.5. The third-order valence-electron chi connectivity index (χ3n) is 3.95. The van der Waals surface area contributed by atoms with E-state index >= 15 is 0 Å². The average molecular weight is 282 g/mol. The van der Waals surface area contributed by atoms with E-state index in [-0.39, 0.29) is 0 Å². The lowest BCUT2D eigenvalue weighted by Gasteiger charge is -2.36. The van der Waals surface area contributed by atoms with Crippen molar-refractivity contribution in [2.24, 2.45) is 0 Å². The molecule has 0 saturated heterocycles. The monoisotopic (exact) mass is 282 g/mol. The van der Waals surface area contributed by atoms with Gasteiger partial charge in [-0.05, 0) is 45.2 Å². The molecule has 2 heterocycles. The zero-order valence-electron chi connectivity index (χ0n) is 12.9. The Balaban J connectivity index is 2.07. The van der Waals surface area contributed by atoms with Crippen LogP contribution in [0.4, 0.5) is 17.3 Å². The van der Waals surface area contributed by atoms with Crippen LogP contribution in [0.25, 0.3) is 0 Å². The van der Waals surface area contributed by atoms with E-state index in [1.54, 1.807) is 0 Å². The van der Waals surface area contributed by atoms with E-state index in [9.17, 15) is 0 Å². The van der Waals surface area contributed by atoms with Crippen LogP contribution in [0.1, 0.15) is 31.7 Å². The van der Waals surface area contributed by atoms with Crippen molar-refractivity contribution in [3.05, 3.63) is 41.7 Å². The maximum Gasteiger partial charge on any atom is 0.139 e. The van der Waals surface area contributed by atoms with E-state index in [0.29, 0.717) is 6.04 Å². The second kappa shape index (κ2) is 5.72. The van der Waals surface area contributed by atoms with Gasteiger partial charge >= 0.3 is 0 Å². The lowest BCUT2D eigenvalue weighted by atomic mass is 9.96. The van der Waals surface area contributed by atoms with Gasteiger partial charge in [0.05, 0.1) is 0 Å². The second-order valence-electron chi connectivity index (χ2n) is 5.58. The molecule has 110 valence electrons. The Morgan fingerprint density at radius 1 is 1.29 bits per heavy atom.